The van der Waals surface area contributed by atoms with E-state index in [9.17, 15) is 4.39 Å². The van der Waals surface area contributed by atoms with E-state index in [2.05, 4.69) is 174 Å². The number of imidazole rings is 1. The summed E-state index contributed by atoms with van der Waals surface area (Å²) in [7, 11) is 0. The van der Waals surface area contributed by atoms with Crippen LogP contribution < -0.4 is 4.40 Å². The topological polar surface area (TPSA) is 56.5 Å². The number of aromatic nitrogens is 5. The van der Waals surface area contributed by atoms with Crippen LogP contribution in [0.3, 0.4) is 0 Å². The van der Waals surface area contributed by atoms with Gasteiger partial charge in [0.15, 0.2) is 0 Å². The average Bonchev–Trinajstić information content (AvgIpc) is 3.99. The van der Waals surface area contributed by atoms with Gasteiger partial charge in [-0.3, -0.25) is 9.97 Å². The molecular weight excluding hydrogens is 1210 g/mol. The first-order valence-corrected chi connectivity index (χ1v) is 35.2. The number of nitrogens with zero attached hydrogens (tertiary/aromatic N) is 5. The van der Waals surface area contributed by atoms with Crippen LogP contribution in [0.2, 0.25) is 17.3 Å². The van der Waals surface area contributed by atoms with Crippen LogP contribution >= 0.6 is 11.3 Å². The molecule has 399 valence electrons. The van der Waals surface area contributed by atoms with Crippen molar-refractivity contribution >= 4 is 71.2 Å². The molecule has 0 aliphatic rings. The summed E-state index contributed by atoms with van der Waals surface area (Å²) in [6.07, 6.45) is 4.00. The van der Waals surface area contributed by atoms with E-state index in [4.69, 9.17) is 19.1 Å². The molecule has 0 atom stereocenters. The van der Waals surface area contributed by atoms with Crippen LogP contribution in [-0.2, 0) is 32.9 Å². The molecule has 0 spiro atoms. The van der Waals surface area contributed by atoms with E-state index in [1.54, 1.807) is 17.4 Å². The van der Waals surface area contributed by atoms with Crippen molar-refractivity contribution in [3.8, 4) is 50.6 Å². The van der Waals surface area contributed by atoms with Gasteiger partial charge in [-0.1, -0.05) is 95.8 Å². The van der Waals surface area contributed by atoms with Crippen molar-refractivity contribution in [3.05, 3.63) is 192 Å². The van der Waals surface area contributed by atoms with E-state index in [0.29, 0.717) is 17.0 Å². The first-order valence-electron chi connectivity index (χ1n) is 28.5. The summed E-state index contributed by atoms with van der Waals surface area (Å²) in [6.45, 7) is 17.9. The standard InChI is InChI=1S/C45H43N4S.C24H27FGeN.Ir/c1-26(2)36-23-30(29-13-10-9-11-14-29)24-37(27(3)4)40(36)49-41-34-19-17-28(5)46-38(34)21-22-39(41)48-43(49)35-16-12-15-32-33-20-18-31(25-45(6,7)8)47-44(33)50-42(32)35;1-17(2)13-20-15-24(27-16-23(20)26(3,4)5)19-11-12-22(25)21(14-19)18-9-7-6-8-10-18;/h9-15,17-24,26-27H,25H2,1-8H3;6-10,12,14-17H,13H2,1-5H3;/q2*-1;/i5D3;;. The summed E-state index contributed by atoms with van der Waals surface area (Å²) in [5, 5.41) is 3.11. The maximum Gasteiger partial charge on any atom is 0.114 e. The van der Waals surface area contributed by atoms with E-state index in [1.165, 1.54) is 38.3 Å². The van der Waals surface area contributed by atoms with Gasteiger partial charge in [-0.25, -0.2) is 4.98 Å². The van der Waals surface area contributed by atoms with Gasteiger partial charge < -0.3 is 4.57 Å². The van der Waals surface area contributed by atoms with Crippen molar-refractivity contribution in [3.63, 3.8) is 0 Å². The minimum Gasteiger partial charge on any atom is -0.332 e. The van der Waals surface area contributed by atoms with Gasteiger partial charge in [-0.05, 0) is 105 Å². The zero-order chi connectivity index (χ0) is 57.0. The van der Waals surface area contributed by atoms with E-state index in [-0.39, 0.29) is 48.9 Å². The fourth-order valence-electron chi connectivity index (χ4n) is 10.6. The molecule has 0 unspecified atom stereocenters. The molecule has 0 fully saturated rings. The van der Waals surface area contributed by atoms with Crippen LogP contribution in [0.1, 0.15) is 106 Å². The van der Waals surface area contributed by atoms with Gasteiger partial charge in [0, 0.05) is 46.7 Å². The molecule has 11 rings (SSSR count). The molecule has 0 aliphatic heterocycles. The van der Waals surface area contributed by atoms with E-state index in [0.717, 1.165) is 89.2 Å². The first kappa shape index (κ1) is 52.5. The van der Waals surface area contributed by atoms with Crippen LogP contribution in [0.5, 0.6) is 0 Å². The van der Waals surface area contributed by atoms with Crippen molar-refractivity contribution in [2.75, 3.05) is 0 Å². The molecule has 0 amide bonds. The fraction of sp³-hybridized carbons (Fsp3) is 0.275. The number of benzene rings is 6. The van der Waals surface area contributed by atoms with Gasteiger partial charge in [-0.2, -0.15) is 11.3 Å². The Hall–Kier alpha value is -6.16. The Morgan fingerprint density at radius 1 is 0.705 bits per heavy atom. The normalized spacial score (nSPS) is 12.8. The van der Waals surface area contributed by atoms with Crippen LogP contribution in [0.15, 0.2) is 146 Å². The molecule has 0 saturated heterocycles. The summed E-state index contributed by atoms with van der Waals surface area (Å²) < 4.78 is 43.5. The quantitative estimate of drug-likeness (QED) is 0.0956. The number of thiophene rings is 1. The number of rotatable bonds is 11. The second-order valence-electron chi connectivity index (χ2n) is 23.8. The predicted molar refractivity (Wildman–Crippen MR) is 328 cm³/mol. The zero-order valence-electron chi connectivity index (χ0n) is 49.9. The molecule has 1 radical (unpaired) electrons. The van der Waals surface area contributed by atoms with Crippen LogP contribution in [0.4, 0.5) is 4.39 Å². The van der Waals surface area contributed by atoms with Crippen LogP contribution in [-0.4, -0.2) is 37.8 Å². The number of halogens is 1. The molecule has 5 heterocycles. The third kappa shape index (κ3) is 11.7. The number of hydrogen-bond acceptors (Lipinski definition) is 5. The Kier molecular flexibility index (Phi) is 15.4. The molecule has 0 bridgehead atoms. The first-order chi connectivity index (χ1) is 37.9. The third-order valence-electron chi connectivity index (χ3n) is 14.2. The fourth-order valence-corrected chi connectivity index (χ4v) is 15.2. The maximum absolute atomic E-state index is 14.4. The van der Waals surface area contributed by atoms with Crippen LogP contribution in [0, 0.1) is 36.1 Å². The summed E-state index contributed by atoms with van der Waals surface area (Å²) in [4.78, 5) is 21.0. The molecule has 5 aromatic heterocycles. The summed E-state index contributed by atoms with van der Waals surface area (Å²) in [6, 6.07) is 53.0. The Balaban J connectivity index is 0.000000239. The molecule has 11 aromatic rings. The van der Waals surface area contributed by atoms with Crippen molar-refractivity contribution in [1.82, 2.24) is 24.5 Å². The zero-order valence-corrected chi connectivity index (χ0v) is 52.2. The van der Waals surface area contributed by atoms with Crippen molar-refractivity contribution in [2.45, 2.75) is 111 Å². The van der Waals surface area contributed by atoms with Crippen molar-refractivity contribution in [2.24, 2.45) is 11.3 Å². The maximum atomic E-state index is 14.4. The Bertz CT molecular complexity index is 4050. The largest absolute Gasteiger partial charge is 0.332 e. The molecule has 0 aliphatic carbocycles. The monoisotopic (exact) mass is 1290 g/mol. The van der Waals surface area contributed by atoms with Gasteiger partial charge in [0.25, 0.3) is 0 Å². The predicted octanol–water partition coefficient (Wildman–Crippen LogP) is 18.7. The van der Waals surface area contributed by atoms with E-state index >= 15 is 0 Å². The number of aryl methyl sites for hydroxylation is 1. The van der Waals surface area contributed by atoms with Gasteiger partial charge in [0.05, 0.1) is 22.4 Å². The number of fused-ring (bicyclic) bond motifs is 6. The SMILES string of the molecule is CC(C)Cc1cc(-c2[c-]cc(F)c(-c3ccccc3)c2)nc[c]1[Ge]([CH3])([CH3])[CH3].[2H]C([2H])([2H])c1ccc2c(ccc3nc(-c4[c-]ccc5c4sc4nc(CC(C)(C)C)ccc45)n(-c4c(C(C)C)cc(-c5ccccc5)cc4C(C)C)c32)n1.[Ir]. The summed E-state index contributed by atoms with van der Waals surface area (Å²) in [5.74, 6) is 8.68. The average molecular weight is 1290 g/mol. The van der Waals surface area contributed by atoms with Crippen molar-refractivity contribution < 1.29 is 28.6 Å². The van der Waals surface area contributed by atoms with E-state index < -0.39 is 20.1 Å². The number of pyridine rings is 3. The Labute approximate surface area is 485 Å². The van der Waals surface area contributed by atoms with Crippen molar-refractivity contribution in [1.29, 1.82) is 0 Å². The molecule has 78 heavy (non-hydrogen) atoms. The third-order valence-corrected chi connectivity index (χ3v) is 19.7. The van der Waals surface area contributed by atoms with Gasteiger partial charge in [0.2, 0.25) is 0 Å². The van der Waals surface area contributed by atoms with Gasteiger partial charge in [-0.15, -0.1) is 18.2 Å². The Morgan fingerprint density at radius 3 is 2.01 bits per heavy atom. The summed E-state index contributed by atoms with van der Waals surface area (Å²) in [5.41, 5.74) is 15.0. The van der Waals surface area contributed by atoms with Gasteiger partial charge in [0.1, 0.15) is 4.83 Å². The van der Waals surface area contributed by atoms with Gasteiger partial charge >= 0.3 is 165 Å². The van der Waals surface area contributed by atoms with Crippen LogP contribution in [0.25, 0.3) is 92.8 Å². The smallest absolute Gasteiger partial charge is 0.114 e. The second-order valence-corrected chi connectivity index (χ2v) is 35.4. The second kappa shape index (κ2) is 22.9. The molecule has 0 saturated carbocycles. The van der Waals surface area contributed by atoms with E-state index in [1.807, 2.05) is 60.7 Å². The summed E-state index contributed by atoms with van der Waals surface area (Å²) >= 11 is -0.308. The minimum absolute atomic E-state index is 0. The molecule has 6 aromatic carbocycles. The molecule has 0 N–H and O–H groups in total. The Morgan fingerprint density at radius 2 is 1.37 bits per heavy atom. The molecule has 9 heteroatoms. The molecular formula is C69H70FGeIrN5S-2. The molecule has 5 nitrogen and oxygen atoms in total. The minimum atomic E-state index is -2.32. The number of hydrogen-bond donors (Lipinski definition) is 0.